The van der Waals surface area contributed by atoms with Crippen molar-refractivity contribution >= 4 is 22.7 Å². The molecular formula is C11H15NO2S2. The maximum absolute atomic E-state index is 12.3. The number of thiol groups is 1. The second kappa shape index (κ2) is 4.39. The van der Waals surface area contributed by atoms with Crippen molar-refractivity contribution in [1.29, 1.82) is 0 Å². The SMILES string of the molecule is C[C@@H]1CCCN1S(=O)(=O)c1ccc(S)cc1. The Morgan fingerprint density at radius 3 is 2.44 bits per heavy atom. The Kier molecular flexibility index (Phi) is 3.28. The zero-order chi connectivity index (χ0) is 11.8. The van der Waals surface area contributed by atoms with Gasteiger partial charge in [-0.15, -0.1) is 12.6 Å². The molecule has 2 rings (SSSR count). The lowest BCUT2D eigenvalue weighted by atomic mass is 10.3. The summed E-state index contributed by atoms with van der Waals surface area (Å²) in [6, 6.07) is 6.75. The van der Waals surface area contributed by atoms with Crippen LogP contribution in [0.15, 0.2) is 34.1 Å². The minimum Gasteiger partial charge on any atom is -0.207 e. The quantitative estimate of drug-likeness (QED) is 0.824. The van der Waals surface area contributed by atoms with Crippen LogP contribution in [-0.2, 0) is 10.0 Å². The van der Waals surface area contributed by atoms with Crippen LogP contribution in [-0.4, -0.2) is 25.3 Å². The van der Waals surface area contributed by atoms with Gasteiger partial charge in [-0.1, -0.05) is 0 Å². The summed E-state index contributed by atoms with van der Waals surface area (Å²) in [7, 11) is -3.31. The van der Waals surface area contributed by atoms with Crippen molar-refractivity contribution in [1.82, 2.24) is 4.31 Å². The van der Waals surface area contributed by atoms with Crippen LogP contribution >= 0.6 is 12.6 Å². The molecular weight excluding hydrogens is 242 g/mol. The molecule has 1 aromatic rings. The molecule has 1 aliphatic heterocycles. The average Bonchev–Trinajstić information content (AvgIpc) is 2.66. The van der Waals surface area contributed by atoms with E-state index in [0.717, 1.165) is 17.7 Å². The van der Waals surface area contributed by atoms with Gasteiger partial charge in [0.15, 0.2) is 0 Å². The molecule has 88 valence electrons. The van der Waals surface area contributed by atoms with Crippen LogP contribution in [0.25, 0.3) is 0 Å². The van der Waals surface area contributed by atoms with Gasteiger partial charge in [0, 0.05) is 17.5 Å². The average molecular weight is 257 g/mol. The highest BCUT2D eigenvalue weighted by Gasteiger charge is 2.32. The maximum atomic E-state index is 12.3. The second-order valence-corrected chi connectivity index (χ2v) is 6.51. The lowest BCUT2D eigenvalue weighted by Gasteiger charge is -2.20. The summed E-state index contributed by atoms with van der Waals surface area (Å²) < 4.78 is 26.1. The van der Waals surface area contributed by atoms with E-state index < -0.39 is 10.0 Å². The molecule has 0 amide bonds. The number of hydrogen-bond acceptors (Lipinski definition) is 3. The molecule has 16 heavy (non-hydrogen) atoms. The first-order chi connectivity index (χ1) is 7.51. The lowest BCUT2D eigenvalue weighted by Crippen LogP contribution is -2.33. The Labute approximate surface area is 102 Å². The van der Waals surface area contributed by atoms with E-state index in [2.05, 4.69) is 12.6 Å². The largest absolute Gasteiger partial charge is 0.243 e. The van der Waals surface area contributed by atoms with Gasteiger partial charge in [-0.05, 0) is 44.0 Å². The molecule has 3 nitrogen and oxygen atoms in total. The number of nitrogens with zero attached hydrogens (tertiary/aromatic N) is 1. The highest BCUT2D eigenvalue weighted by molar-refractivity contribution is 7.89. The van der Waals surface area contributed by atoms with Gasteiger partial charge in [0.25, 0.3) is 0 Å². The zero-order valence-corrected chi connectivity index (χ0v) is 10.8. The van der Waals surface area contributed by atoms with Crippen LogP contribution in [0, 0.1) is 0 Å². The molecule has 0 N–H and O–H groups in total. The number of sulfonamides is 1. The van der Waals surface area contributed by atoms with Crippen molar-refractivity contribution in [2.24, 2.45) is 0 Å². The molecule has 0 unspecified atom stereocenters. The monoisotopic (exact) mass is 257 g/mol. The standard InChI is InChI=1S/C11H15NO2S2/c1-9-3-2-8-12(9)16(13,14)11-6-4-10(15)5-7-11/h4-7,9,15H,2-3,8H2,1H3/t9-/m1/s1. The molecule has 1 saturated heterocycles. The Hall–Kier alpha value is -0.520. The second-order valence-electron chi connectivity index (χ2n) is 4.10. The van der Waals surface area contributed by atoms with Gasteiger partial charge >= 0.3 is 0 Å². The molecule has 1 aromatic carbocycles. The van der Waals surface area contributed by atoms with Crippen molar-refractivity contribution in [3.63, 3.8) is 0 Å². The van der Waals surface area contributed by atoms with Gasteiger partial charge in [-0.25, -0.2) is 8.42 Å². The third-order valence-electron chi connectivity index (χ3n) is 2.94. The van der Waals surface area contributed by atoms with Gasteiger partial charge in [-0.2, -0.15) is 4.31 Å². The van der Waals surface area contributed by atoms with Crippen LogP contribution in [0.2, 0.25) is 0 Å². The molecule has 0 radical (unpaired) electrons. The smallest absolute Gasteiger partial charge is 0.207 e. The summed E-state index contributed by atoms with van der Waals surface area (Å²) in [5.74, 6) is 0. The molecule has 0 aliphatic carbocycles. The van der Waals surface area contributed by atoms with E-state index in [0.29, 0.717) is 11.4 Å². The third kappa shape index (κ3) is 2.12. The summed E-state index contributed by atoms with van der Waals surface area (Å²) in [4.78, 5) is 1.13. The maximum Gasteiger partial charge on any atom is 0.243 e. The minimum absolute atomic E-state index is 0.112. The number of benzene rings is 1. The van der Waals surface area contributed by atoms with E-state index in [1.54, 1.807) is 28.6 Å². The highest BCUT2D eigenvalue weighted by atomic mass is 32.2. The lowest BCUT2D eigenvalue weighted by molar-refractivity contribution is 0.408. The molecule has 1 heterocycles. The van der Waals surface area contributed by atoms with Gasteiger partial charge in [-0.3, -0.25) is 0 Å². The van der Waals surface area contributed by atoms with Crippen molar-refractivity contribution in [3.8, 4) is 0 Å². The summed E-state index contributed by atoms with van der Waals surface area (Å²) >= 11 is 4.15. The fourth-order valence-electron chi connectivity index (χ4n) is 2.02. The molecule has 1 aliphatic rings. The molecule has 1 atom stereocenters. The van der Waals surface area contributed by atoms with Crippen LogP contribution in [0.1, 0.15) is 19.8 Å². The van der Waals surface area contributed by atoms with Crippen molar-refractivity contribution < 1.29 is 8.42 Å². The summed E-state index contributed by atoms with van der Waals surface area (Å²) in [5, 5.41) is 0. The third-order valence-corrected chi connectivity index (χ3v) is 5.26. The van der Waals surface area contributed by atoms with Crippen LogP contribution in [0.4, 0.5) is 0 Å². The van der Waals surface area contributed by atoms with Gasteiger partial charge in [0.05, 0.1) is 4.90 Å². The zero-order valence-electron chi connectivity index (χ0n) is 9.13. The van der Waals surface area contributed by atoms with E-state index in [4.69, 9.17) is 0 Å². The van der Waals surface area contributed by atoms with Crippen LogP contribution < -0.4 is 0 Å². The first-order valence-electron chi connectivity index (χ1n) is 5.33. The van der Waals surface area contributed by atoms with E-state index in [-0.39, 0.29) is 6.04 Å². The van der Waals surface area contributed by atoms with E-state index in [1.165, 1.54) is 0 Å². The topological polar surface area (TPSA) is 37.4 Å². The Bertz CT molecular complexity index is 467. The number of hydrogen-bond donors (Lipinski definition) is 1. The molecule has 1 fully saturated rings. The van der Waals surface area contributed by atoms with Crippen LogP contribution in [0.5, 0.6) is 0 Å². The van der Waals surface area contributed by atoms with E-state index in [9.17, 15) is 8.42 Å². The highest BCUT2D eigenvalue weighted by Crippen LogP contribution is 2.25. The predicted molar refractivity (Wildman–Crippen MR) is 66.3 cm³/mol. The Morgan fingerprint density at radius 2 is 1.94 bits per heavy atom. The summed E-state index contributed by atoms with van der Waals surface area (Å²) in [6.45, 7) is 2.59. The fraction of sp³-hybridized carbons (Fsp3) is 0.455. The van der Waals surface area contributed by atoms with E-state index >= 15 is 0 Å². The molecule has 0 aromatic heterocycles. The molecule has 0 spiro atoms. The Morgan fingerprint density at radius 1 is 1.31 bits per heavy atom. The normalized spacial score (nSPS) is 22.5. The van der Waals surface area contributed by atoms with Crippen LogP contribution in [0.3, 0.4) is 0 Å². The molecule has 0 saturated carbocycles. The summed E-state index contributed by atoms with van der Waals surface area (Å²) in [6.07, 6.45) is 1.90. The Balaban J connectivity index is 2.35. The summed E-state index contributed by atoms with van der Waals surface area (Å²) in [5.41, 5.74) is 0. The predicted octanol–water partition coefficient (Wildman–Crippen LogP) is 2.15. The first-order valence-corrected chi connectivity index (χ1v) is 7.21. The fourth-order valence-corrected chi connectivity index (χ4v) is 3.87. The van der Waals surface area contributed by atoms with E-state index in [1.807, 2.05) is 6.92 Å². The molecule has 5 heteroatoms. The van der Waals surface area contributed by atoms with Gasteiger partial charge < -0.3 is 0 Å². The van der Waals surface area contributed by atoms with Gasteiger partial charge in [0.2, 0.25) is 10.0 Å². The first kappa shape index (κ1) is 12.0. The molecule has 0 bridgehead atoms. The number of rotatable bonds is 2. The van der Waals surface area contributed by atoms with Crippen molar-refractivity contribution in [2.45, 2.75) is 35.6 Å². The van der Waals surface area contributed by atoms with Crippen molar-refractivity contribution in [2.75, 3.05) is 6.54 Å². The minimum atomic E-state index is -3.31. The van der Waals surface area contributed by atoms with Gasteiger partial charge in [0.1, 0.15) is 0 Å². The van der Waals surface area contributed by atoms with Crippen molar-refractivity contribution in [3.05, 3.63) is 24.3 Å².